The van der Waals surface area contributed by atoms with Crippen LogP contribution >= 0.6 is 0 Å². The summed E-state index contributed by atoms with van der Waals surface area (Å²) in [5.74, 6) is 1.32. The highest BCUT2D eigenvalue weighted by Crippen LogP contribution is 2.25. The molecule has 3 N–H and O–H groups in total. The third kappa shape index (κ3) is 3.35. The van der Waals surface area contributed by atoms with E-state index in [4.69, 9.17) is 0 Å². The monoisotopic (exact) mass is 316 g/mol. The van der Waals surface area contributed by atoms with Crippen molar-refractivity contribution in [2.45, 2.75) is 32.4 Å². The molecular formula is C16H24N6O. The van der Waals surface area contributed by atoms with Crippen molar-refractivity contribution in [3.8, 4) is 0 Å². The Balaban J connectivity index is 1.95. The minimum atomic E-state index is -0.321. The molecule has 1 fully saturated rings. The standard InChI is InChI=1S/C16H24N6O/c1-9-5-10(2)18-15-13(9)14(17-3)20-16(21-15)19-11-6-12(23)8-22(4)7-11/h5,11-12,23H,6-8H2,1-4H3,(H2,17,18,19,20,21). The molecule has 3 heterocycles. The smallest absolute Gasteiger partial charge is 0.226 e. The summed E-state index contributed by atoms with van der Waals surface area (Å²) in [6, 6.07) is 2.16. The van der Waals surface area contributed by atoms with Crippen LogP contribution in [0, 0.1) is 13.8 Å². The highest BCUT2D eigenvalue weighted by molar-refractivity contribution is 5.90. The Morgan fingerprint density at radius 2 is 2.00 bits per heavy atom. The van der Waals surface area contributed by atoms with E-state index in [1.165, 1.54) is 0 Å². The van der Waals surface area contributed by atoms with Crippen molar-refractivity contribution in [1.82, 2.24) is 19.9 Å². The van der Waals surface area contributed by atoms with Crippen LogP contribution in [0.2, 0.25) is 0 Å². The van der Waals surface area contributed by atoms with Gasteiger partial charge in [0.15, 0.2) is 5.65 Å². The number of aliphatic hydroxyl groups excluding tert-OH is 1. The van der Waals surface area contributed by atoms with Gasteiger partial charge in [0, 0.05) is 31.9 Å². The van der Waals surface area contributed by atoms with E-state index in [0.717, 1.165) is 29.0 Å². The van der Waals surface area contributed by atoms with Crippen LogP contribution in [-0.2, 0) is 0 Å². The maximum atomic E-state index is 9.93. The number of piperidine rings is 1. The van der Waals surface area contributed by atoms with Gasteiger partial charge in [-0.15, -0.1) is 0 Å². The third-order valence-corrected chi connectivity index (χ3v) is 4.17. The van der Waals surface area contributed by atoms with E-state index in [2.05, 4.69) is 30.5 Å². The number of rotatable bonds is 3. The van der Waals surface area contributed by atoms with Gasteiger partial charge in [0.1, 0.15) is 5.82 Å². The summed E-state index contributed by atoms with van der Waals surface area (Å²) in [5, 5.41) is 17.4. The molecule has 2 aromatic rings. The molecular weight excluding hydrogens is 292 g/mol. The minimum Gasteiger partial charge on any atom is -0.392 e. The van der Waals surface area contributed by atoms with E-state index in [0.29, 0.717) is 24.6 Å². The van der Waals surface area contributed by atoms with Crippen molar-refractivity contribution in [3.05, 3.63) is 17.3 Å². The molecule has 2 aromatic heterocycles. The van der Waals surface area contributed by atoms with E-state index in [1.54, 1.807) is 0 Å². The quantitative estimate of drug-likeness (QED) is 0.783. The molecule has 0 spiro atoms. The Kier molecular flexibility index (Phi) is 4.32. The number of aliphatic hydroxyl groups is 1. The van der Waals surface area contributed by atoms with Gasteiger partial charge in [-0.1, -0.05) is 0 Å². The SMILES string of the molecule is CNc1nc(NC2CC(O)CN(C)C2)nc2nc(C)cc(C)c12. The Hall–Kier alpha value is -1.99. The fourth-order valence-corrected chi connectivity index (χ4v) is 3.30. The first-order chi connectivity index (χ1) is 11.0. The molecule has 3 rings (SSSR count). The number of hydrogen-bond donors (Lipinski definition) is 3. The lowest BCUT2D eigenvalue weighted by Gasteiger charge is -2.33. The van der Waals surface area contributed by atoms with Crippen molar-refractivity contribution >= 4 is 22.8 Å². The molecule has 7 nitrogen and oxygen atoms in total. The van der Waals surface area contributed by atoms with E-state index in [1.807, 2.05) is 34.0 Å². The number of aromatic nitrogens is 3. The summed E-state index contributed by atoms with van der Waals surface area (Å²) in [7, 11) is 3.86. The van der Waals surface area contributed by atoms with Gasteiger partial charge in [0.2, 0.25) is 5.95 Å². The fraction of sp³-hybridized carbons (Fsp3) is 0.562. The van der Waals surface area contributed by atoms with E-state index < -0.39 is 0 Å². The van der Waals surface area contributed by atoms with Crippen LogP contribution in [0.3, 0.4) is 0 Å². The van der Waals surface area contributed by atoms with Gasteiger partial charge >= 0.3 is 0 Å². The maximum absolute atomic E-state index is 9.93. The van der Waals surface area contributed by atoms with Crippen molar-refractivity contribution in [1.29, 1.82) is 0 Å². The average molecular weight is 316 g/mol. The minimum absolute atomic E-state index is 0.122. The first-order valence-corrected chi connectivity index (χ1v) is 7.93. The van der Waals surface area contributed by atoms with Crippen LogP contribution in [0.25, 0.3) is 11.0 Å². The predicted octanol–water partition coefficient (Wildman–Crippen LogP) is 1.16. The lowest BCUT2D eigenvalue weighted by Crippen LogP contribution is -2.46. The van der Waals surface area contributed by atoms with Crippen molar-refractivity contribution in [2.24, 2.45) is 0 Å². The van der Waals surface area contributed by atoms with Gasteiger partial charge in [0.25, 0.3) is 0 Å². The molecule has 1 aliphatic heterocycles. The van der Waals surface area contributed by atoms with Gasteiger partial charge in [-0.05, 0) is 38.9 Å². The molecule has 2 atom stereocenters. The molecule has 23 heavy (non-hydrogen) atoms. The second-order valence-corrected chi connectivity index (χ2v) is 6.38. The van der Waals surface area contributed by atoms with E-state index >= 15 is 0 Å². The lowest BCUT2D eigenvalue weighted by atomic mass is 10.0. The van der Waals surface area contributed by atoms with Gasteiger partial charge in [-0.3, -0.25) is 0 Å². The molecule has 0 aromatic carbocycles. The zero-order valence-electron chi connectivity index (χ0n) is 14.1. The predicted molar refractivity (Wildman–Crippen MR) is 91.9 cm³/mol. The van der Waals surface area contributed by atoms with Crippen LogP contribution in [0.4, 0.5) is 11.8 Å². The molecule has 1 aliphatic rings. The summed E-state index contributed by atoms with van der Waals surface area (Å²) in [5.41, 5.74) is 2.74. The summed E-state index contributed by atoms with van der Waals surface area (Å²) < 4.78 is 0. The van der Waals surface area contributed by atoms with Gasteiger partial charge in [-0.25, -0.2) is 4.98 Å². The molecule has 0 aliphatic carbocycles. The molecule has 124 valence electrons. The Labute approximate surface area is 136 Å². The molecule has 0 saturated carbocycles. The Morgan fingerprint density at radius 1 is 1.22 bits per heavy atom. The van der Waals surface area contributed by atoms with Crippen LogP contribution in [0.1, 0.15) is 17.7 Å². The molecule has 2 unspecified atom stereocenters. The number of fused-ring (bicyclic) bond motifs is 1. The van der Waals surface area contributed by atoms with Gasteiger partial charge in [-0.2, -0.15) is 9.97 Å². The number of nitrogens with one attached hydrogen (secondary N) is 2. The summed E-state index contributed by atoms with van der Waals surface area (Å²) >= 11 is 0. The number of aryl methyl sites for hydroxylation is 2. The number of nitrogens with zero attached hydrogens (tertiary/aromatic N) is 4. The van der Waals surface area contributed by atoms with Crippen LogP contribution in [-0.4, -0.2) is 64.3 Å². The van der Waals surface area contributed by atoms with E-state index in [-0.39, 0.29) is 12.1 Å². The number of likely N-dealkylation sites (tertiary alicyclic amines) is 1. The maximum Gasteiger partial charge on any atom is 0.226 e. The highest BCUT2D eigenvalue weighted by atomic mass is 16.3. The Bertz CT molecular complexity index is 709. The third-order valence-electron chi connectivity index (χ3n) is 4.17. The van der Waals surface area contributed by atoms with Gasteiger partial charge < -0.3 is 20.6 Å². The number of β-amino-alcohol motifs (C(OH)–C–C–N with tert-alkyl or cyclic N) is 1. The summed E-state index contributed by atoms with van der Waals surface area (Å²) in [6.07, 6.45) is 0.374. The van der Waals surface area contributed by atoms with Gasteiger partial charge in [0.05, 0.1) is 11.5 Å². The van der Waals surface area contributed by atoms with Crippen molar-refractivity contribution < 1.29 is 5.11 Å². The summed E-state index contributed by atoms with van der Waals surface area (Å²) in [6.45, 7) is 5.57. The highest BCUT2D eigenvalue weighted by Gasteiger charge is 2.24. The number of pyridine rings is 1. The zero-order valence-corrected chi connectivity index (χ0v) is 14.1. The normalized spacial score (nSPS) is 22.3. The zero-order chi connectivity index (χ0) is 16.6. The molecule has 0 bridgehead atoms. The van der Waals surface area contributed by atoms with E-state index in [9.17, 15) is 5.11 Å². The topological polar surface area (TPSA) is 86.2 Å². The fourth-order valence-electron chi connectivity index (χ4n) is 3.30. The molecule has 0 radical (unpaired) electrons. The van der Waals surface area contributed by atoms with Crippen molar-refractivity contribution in [2.75, 3.05) is 37.8 Å². The molecule has 7 heteroatoms. The Morgan fingerprint density at radius 3 is 2.70 bits per heavy atom. The molecule has 0 amide bonds. The largest absolute Gasteiger partial charge is 0.392 e. The van der Waals surface area contributed by atoms with Crippen LogP contribution in [0.5, 0.6) is 0 Å². The number of likely N-dealkylation sites (N-methyl/N-ethyl adjacent to an activating group) is 1. The van der Waals surface area contributed by atoms with Crippen LogP contribution in [0.15, 0.2) is 6.07 Å². The number of hydrogen-bond acceptors (Lipinski definition) is 7. The average Bonchev–Trinajstić information content (AvgIpc) is 2.44. The second kappa shape index (κ2) is 6.25. The first kappa shape index (κ1) is 15.9. The molecule has 1 saturated heterocycles. The van der Waals surface area contributed by atoms with Crippen molar-refractivity contribution in [3.63, 3.8) is 0 Å². The first-order valence-electron chi connectivity index (χ1n) is 7.93. The summed E-state index contributed by atoms with van der Waals surface area (Å²) in [4.78, 5) is 15.8. The second-order valence-electron chi connectivity index (χ2n) is 6.38. The number of anilines is 2. The van der Waals surface area contributed by atoms with Crippen LogP contribution < -0.4 is 10.6 Å². The lowest BCUT2D eigenvalue weighted by molar-refractivity contribution is 0.0778.